The van der Waals surface area contributed by atoms with Crippen LogP contribution in [0.15, 0.2) is 0 Å². The van der Waals surface area contributed by atoms with Gasteiger partial charge in [0, 0.05) is 6.92 Å². The summed E-state index contributed by atoms with van der Waals surface area (Å²) >= 11 is 0. The van der Waals surface area contributed by atoms with Gasteiger partial charge in [-0.2, -0.15) is 10.5 Å². The molecule has 0 spiro atoms. The van der Waals surface area contributed by atoms with E-state index in [1.165, 1.54) is 6.92 Å². The molecule has 1 aliphatic rings. The summed E-state index contributed by atoms with van der Waals surface area (Å²) < 4.78 is -0.296. The van der Waals surface area contributed by atoms with Crippen LogP contribution in [0.4, 0.5) is 0 Å². The first kappa shape index (κ1) is 15.4. The Morgan fingerprint density at radius 2 is 2.00 bits per heavy atom. The highest BCUT2D eigenvalue weighted by Crippen LogP contribution is 2.43. The number of unbranched alkanes of at least 4 members (excludes halogenated alkanes) is 1. The van der Waals surface area contributed by atoms with Gasteiger partial charge in [0.25, 0.3) is 0 Å². The quantitative estimate of drug-likeness (QED) is 0.510. The van der Waals surface area contributed by atoms with Gasteiger partial charge in [-0.05, 0) is 51.4 Å². The molecule has 0 bridgehead atoms. The number of hydrogen-bond acceptors (Lipinski definition) is 3. The highest BCUT2D eigenvalue weighted by molar-refractivity contribution is 8.24. The Labute approximate surface area is 112 Å². The third-order valence-electron chi connectivity index (χ3n) is 3.37. The minimum atomic E-state index is -0.321. The van der Waals surface area contributed by atoms with Crippen molar-refractivity contribution in [2.24, 2.45) is 0 Å². The van der Waals surface area contributed by atoms with Crippen molar-refractivity contribution in [1.29, 1.82) is 0 Å². The fourth-order valence-corrected chi connectivity index (χ4v) is 3.53. The fraction of sp³-hybridized carbons (Fsp3) is 0.769. The Balaban J connectivity index is 2.50. The maximum Gasteiger partial charge on any atom is 0.217 e. The molecule has 3 unspecified atom stereocenters. The predicted molar refractivity (Wildman–Crippen MR) is 78.4 cm³/mol. The van der Waals surface area contributed by atoms with Crippen LogP contribution in [0.2, 0.25) is 0 Å². The van der Waals surface area contributed by atoms with Gasteiger partial charge in [0.1, 0.15) is 0 Å². The molecule has 2 N–H and O–H groups in total. The molecule has 4 nitrogen and oxygen atoms in total. The topological polar surface area (TPSA) is 58.2 Å². The maximum atomic E-state index is 12.4. The van der Waals surface area contributed by atoms with Crippen LogP contribution in [-0.4, -0.2) is 47.7 Å². The summed E-state index contributed by atoms with van der Waals surface area (Å²) in [5, 5.41) is 7.96. The fourth-order valence-electron chi connectivity index (χ4n) is 2.04. The van der Waals surface area contributed by atoms with E-state index in [9.17, 15) is 9.59 Å². The number of amides is 1. The maximum absolute atomic E-state index is 12.4. The van der Waals surface area contributed by atoms with E-state index >= 15 is 0 Å². The van der Waals surface area contributed by atoms with Crippen molar-refractivity contribution in [2.75, 3.05) is 19.8 Å². The average molecular weight is 272 g/mol. The zero-order valence-corrected chi connectivity index (χ0v) is 12.5. The van der Waals surface area contributed by atoms with E-state index in [0.717, 1.165) is 25.8 Å². The van der Waals surface area contributed by atoms with Crippen molar-refractivity contribution in [1.82, 2.24) is 10.6 Å². The van der Waals surface area contributed by atoms with Crippen LogP contribution >= 0.6 is 10.5 Å². The minimum absolute atomic E-state index is 0.0729. The van der Waals surface area contributed by atoms with E-state index in [4.69, 9.17) is 0 Å². The van der Waals surface area contributed by atoms with Gasteiger partial charge < -0.3 is 10.6 Å². The van der Waals surface area contributed by atoms with Gasteiger partial charge in [0.2, 0.25) is 5.91 Å². The van der Waals surface area contributed by atoms with Crippen molar-refractivity contribution >= 4 is 27.5 Å². The lowest BCUT2D eigenvalue weighted by atomic mass is 9.97. The second-order valence-corrected chi connectivity index (χ2v) is 7.20. The molecule has 0 aromatic carbocycles. The first-order valence-corrected chi connectivity index (χ1v) is 8.08. The molecular formula is C13H24N2O2S. The molecule has 1 heterocycles. The lowest BCUT2D eigenvalue weighted by molar-refractivity contribution is -0.127. The zero-order valence-electron chi connectivity index (χ0n) is 11.7. The van der Waals surface area contributed by atoms with Crippen LogP contribution in [0, 0.1) is 0 Å². The van der Waals surface area contributed by atoms with Gasteiger partial charge >= 0.3 is 0 Å². The number of carbonyl (C=O) groups excluding carboxylic acids is 2. The highest BCUT2D eigenvalue weighted by Gasteiger charge is 2.45. The van der Waals surface area contributed by atoms with Crippen LogP contribution in [0.3, 0.4) is 0 Å². The van der Waals surface area contributed by atoms with Crippen LogP contribution in [-0.2, 0) is 9.59 Å². The van der Waals surface area contributed by atoms with Crippen LogP contribution in [0.1, 0.15) is 33.1 Å². The SMILES string of the molecule is CNCCCCC(NC(C)=O)C(=O)C1(C)C=S1C. The third kappa shape index (κ3) is 3.92. The molecule has 0 fully saturated rings. The molecule has 3 atom stereocenters. The standard InChI is InChI=1S/C13H24N2O2S/c1-10(16)15-11(7-5-6-8-14-3)12(17)13(2)9-18(13)4/h9,11,14H,5-8H2,1-4H3,(H,15,16). The second kappa shape index (κ2) is 6.48. The first-order valence-electron chi connectivity index (χ1n) is 6.38. The van der Waals surface area contributed by atoms with Gasteiger partial charge in [0.05, 0.1) is 10.8 Å². The molecule has 104 valence electrons. The molecule has 0 aromatic heterocycles. The van der Waals surface area contributed by atoms with Crippen molar-refractivity contribution in [3.05, 3.63) is 0 Å². The van der Waals surface area contributed by atoms with Gasteiger partial charge in [-0.1, -0.05) is 0 Å². The van der Waals surface area contributed by atoms with E-state index in [1.54, 1.807) is 0 Å². The van der Waals surface area contributed by atoms with Gasteiger partial charge in [-0.25, -0.2) is 0 Å². The third-order valence-corrected chi connectivity index (χ3v) is 5.59. The molecule has 18 heavy (non-hydrogen) atoms. The summed E-state index contributed by atoms with van der Waals surface area (Å²) in [5.74, 6) is 0.0511. The van der Waals surface area contributed by atoms with E-state index in [-0.39, 0.29) is 33.0 Å². The molecule has 1 amide bonds. The predicted octanol–water partition coefficient (Wildman–Crippen LogP) is 0.923. The van der Waals surface area contributed by atoms with Gasteiger partial charge in [-0.15, -0.1) is 0 Å². The minimum Gasteiger partial charge on any atom is -0.346 e. The van der Waals surface area contributed by atoms with Crippen molar-refractivity contribution in [2.45, 2.75) is 43.9 Å². The summed E-state index contributed by atoms with van der Waals surface area (Å²) in [6.07, 6.45) is 4.79. The first-order chi connectivity index (χ1) is 8.41. The number of Topliss-reactive ketones (excluding diaryl/α,β-unsaturated/α-hetero) is 1. The number of ketones is 1. The summed E-state index contributed by atoms with van der Waals surface area (Å²) in [6.45, 7) is 4.39. The Morgan fingerprint density at radius 1 is 1.39 bits per heavy atom. The average Bonchev–Trinajstić information content (AvgIpc) is 2.91. The van der Waals surface area contributed by atoms with Gasteiger partial charge in [-0.3, -0.25) is 9.59 Å². The monoisotopic (exact) mass is 272 g/mol. The molecule has 0 saturated heterocycles. The van der Waals surface area contributed by atoms with E-state index in [1.807, 2.05) is 14.0 Å². The van der Waals surface area contributed by atoms with Crippen LogP contribution in [0.5, 0.6) is 0 Å². The molecular weight excluding hydrogens is 248 g/mol. The van der Waals surface area contributed by atoms with Gasteiger partial charge in [0.15, 0.2) is 5.78 Å². The lowest BCUT2D eigenvalue weighted by Gasteiger charge is -2.21. The second-order valence-electron chi connectivity index (χ2n) is 5.00. The van der Waals surface area contributed by atoms with Crippen molar-refractivity contribution in [3.63, 3.8) is 0 Å². The molecule has 0 aliphatic carbocycles. The Kier molecular flexibility index (Phi) is 5.53. The number of nitrogens with one attached hydrogen (secondary N) is 2. The molecule has 1 aliphatic heterocycles. The Hall–Kier alpha value is -0.680. The molecule has 0 radical (unpaired) electrons. The Morgan fingerprint density at radius 3 is 2.44 bits per heavy atom. The normalized spacial score (nSPS) is 27.2. The zero-order chi connectivity index (χ0) is 13.8. The highest BCUT2D eigenvalue weighted by atomic mass is 32.2. The van der Waals surface area contributed by atoms with E-state index < -0.39 is 0 Å². The lowest BCUT2D eigenvalue weighted by Crippen LogP contribution is -2.45. The van der Waals surface area contributed by atoms with Crippen molar-refractivity contribution in [3.8, 4) is 0 Å². The van der Waals surface area contributed by atoms with Crippen LogP contribution in [0.25, 0.3) is 0 Å². The number of rotatable bonds is 8. The number of carbonyl (C=O) groups is 2. The van der Waals surface area contributed by atoms with Crippen LogP contribution < -0.4 is 10.6 Å². The summed E-state index contributed by atoms with van der Waals surface area (Å²) in [7, 11) is 1.99. The molecule has 1 rings (SSSR count). The van der Waals surface area contributed by atoms with E-state index in [2.05, 4.69) is 22.3 Å². The summed E-state index contributed by atoms with van der Waals surface area (Å²) in [4.78, 5) is 23.6. The van der Waals surface area contributed by atoms with E-state index in [0.29, 0.717) is 0 Å². The largest absolute Gasteiger partial charge is 0.346 e. The summed E-state index contributed by atoms with van der Waals surface area (Å²) in [5.41, 5.74) is 0. The summed E-state index contributed by atoms with van der Waals surface area (Å²) in [6, 6.07) is -0.321. The Bertz CT molecular complexity index is 368. The molecule has 0 aromatic rings. The molecule has 5 heteroatoms. The number of hydrogen-bond donors (Lipinski definition) is 2. The van der Waals surface area contributed by atoms with Crippen molar-refractivity contribution < 1.29 is 9.59 Å². The molecule has 0 saturated carbocycles. The smallest absolute Gasteiger partial charge is 0.217 e.